The summed E-state index contributed by atoms with van der Waals surface area (Å²) in [5.74, 6) is 1.35. The fraction of sp³-hybridized carbons (Fsp3) is 0.682. The molecule has 1 aromatic rings. The Morgan fingerprint density at radius 2 is 1.96 bits per heavy atom. The van der Waals surface area contributed by atoms with E-state index in [1.165, 1.54) is 37.7 Å². The number of nitrogens with one attached hydrogen (secondary N) is 2. The van der Waals surface area contributed by atoms with E-state index in [9.17, 15) is 4.79 Å². The average Bonchev–Trinajstić information content (AvgIpc) is 2.69. The molecule has 1 aromatic carbocycles. The maximum Gasteiger partial charge on any atom is 0.220 e. The molecule has 2 N–H and O–H groups in total. The molecule has 2 aliphatic rings. The molecule has 0 aromatic heterocycles. The molecule has 0 saturated carbocycles. The van der Waals surface area contributed by atoms with Gasteiger partial charge in [-0.15, -0.1) is 24.8 Å². The van der Waals surface area contributed by atoms with Gasteiger partial charge in [-0.25, -0.2) is 0 Å². The second-order valence-corrected chi connectivity index (χ2v) is 8.20. The van der Waals surface area contributed by atoms with Crippen LogP contribution in [0.15, 0.2) is 30.3 Å². The van der Waals surface area contributed by atoms with Crippen molar-refractivity contribution < 1.29 is 4.79 Å². The minimum atomic E-state index is 0. The molecule has 4 nitrogen and oxygen atoms in total. The lowest BCUT2D eigenvalue weighted by atomic mass is 9.85. The molecule has 2 aliphatic heterocycles. The average molecular weight is 430 g/mol. The molecule has 0 radical (unpaired) electrons. The first-order valence-corrected chi connectivity index (χ1v) is 10.5. The number of benzene rings is 1. The summed E-state index contributed by atoms with van der Waals surface area (Å²) in [7, 11) is 0. The first kappa shape index (κ1) is 25.2. The van der Waals surface area contributed by atoms with Gasteiger partial charge in [0.15, 0.2) is 0 Å². The molecular weight excluding hydrogens is 393 g/mol. The van der Waals surface area contributed by atoms with Gasteiger partial charge >= 0.3 is 0 Å². The lowest BCUT2D eigenvalue weighted by Crippen LogP contribution is -2.46. The second-order valence-electron chi connectivity index (χ2n) is 8.20. The number of amides is 1. The lowest BCUT2D eigenvalue weighted by molar-refractivity contribution is -0.122. The molecule has 3 rings (SSSR count). The molecule has 160 valence electrons. The molecule has 0 spiro atoms. The van der Waals surface area contributed by atoms with E-state index in [0.717, 1.165) is 32.7 Å². The Bertz CT molecular complexity index is 552. The van der Waals surface area contributed by atoms with E-state index in [1.54, 1.807) is 0 Å². The van der Waals surface area contributed by atoms with Crippen LogP contribution in [-0.4, -0.2) is 43.0 Å². The number of piperidine rings is 2. The van der Waals surface area contributed by atoms with Crippen LogP contribution in [0.4, 0.5) is 0 Å². The maximum absolute atomic E-state index is 12.5. The van der Waals surface area contributed by atoms with E-state index in [2.05, 4.69) is 52.8 Å². The zero-order valence-corrected chi connectivity index (χ0v) is 18.7. The first-order chi connectivity index (χ1) is 12.7. The summed E-state index contributed by atoms with van der Waals surface area (Å²) in [4.78, 5) is 15.0. The number of rotatable bonds is 7. The number of hydrogen-bond acceptors (Lipinski definition) is 3. The quantitative estimate of drug-likeness (QED) is 0.687. The van der Waals surface area contributed by atoms with E-state index in [1.807, 2.05) is 0 Å². The molecule has 3 unspecified atom stereocenters. The van der Waals surface area contributed by atoms with Crippen LogP contribution in [0, 0.1) is 11.8 Å². The van der Waals surface area contributed by atoms with Gasteiger partial charge in [-0.3, -0.25) is 9.69 Å². The predicted octanol–water partition coefficient (Wildman–Crippen LogP) is 4.03. The van der Waals surface area contributed by atoms with Crippen LogP contribution in [0.3, 0.4) is 0 Å². The highest BCUT2D eigenvalue weighted by atomic mass is 35.5. The standard InChI is InChI=1S/C22H35N3O.2ClH/c1-18(20-10-7-12-23-15-20)14-22(26)24-16-21-11-5-6-13-25(21)17-19-8-3-2-4-9-19;;/h2-4,8-9,18,20-21,23H,5-7,10-17H2,1H3,(H,24,26);2*1H. The highest BCUT2D eigenvalue weighted by molar-refractivity contribution is 5.85. The molecular formula is C22H37Cl2N3O. The van der Waals surface area contributed by atoms with Crippen molar-refractivity contribution in [2.45, 2.75) is 58.0 Å². The highest BCUT2D eigenvalue weighted by Crippen LogP contribution is 2.23. The largest absolute Gasteiger partial charge is 0.355 e. The van der Waals surface area contributed by atoms with Crippen molar-refractivity contribution in [3.05, 3.63) is 35.9 Å². The SMILES string of the molecule is CC(CC(=O)NCC1CCCCN1Cc1ccccc1)C1CCCNC1.Cl.Cl. The van der Waals surface area contributed by atoms with Gasteiger partial charge in [0.2, 0.25) is 5.91 Å². The Balaban J connectivity index is 0.00000196. The van der Waals surface area contributed by atoms with E-state index in [4.69, 9.17) is 0 Å². The molecule has 0 aliphatic carbocycles. The van der Waals surface area contributed by atoms with Crippen molar-refractivity contribution in [1.82, 2.24) is 15.5 Å². The topological polar surface area (TPSA) is 44.4 Å². The monoisotopic (exact) mass is 429 g/mol. The Morgan fingerprint density at radius 1 is 1.18 bits per heavy atom. The Morgan fingerprint density at radius 3 is 2.68 bits per heavy atom. The molecule has 2 saturated heterocycles. The number of nitrogens with zero attached hydrogens (tertiary/aromatic N) is 1. The summed E-state index contributed by atoms with van der Waals surface area (Å²) in [6.45, 7) is 7.36. The Labute approximate surface area is 183 Å². The van der Waals surface area contributed by atoms with E-state index in [0.29, 0.717) is 24.3 Å². The number of likely N-dealkylation sites (tertiary alicyclic amines) is 1. The van der Waals surface area contributed by atoms with Crippen LogP contribution in [0.2, 0.25) is 0 Å². The van der Waals surface area contributed by atoms with Gasteiger partial charge in [-0.2, -0.15) is 0 Å². The Hall–Kier alpha value is -0.810. The van der Waals surface area contributed by atoms with Crippen LogP contribution in [0.1, 0.15) is 51.0 Å². The van der Waals surface area contributed by atoms with E-state index in [-0.39, 0.29) is 30.7 Å². The molecule has 0 bridgehead atoms. The zero-order valence-electron chi connectivity index (χ0n) is 17.1. The highest BCUT2D eigenvalue weighted by Gasteiger charge is 2.25. The first-order valence-electron chi connectivity index (χ1n) is 10.5. The van der Waals surface area contributed by atoms with Crippen LogP contribution in [0.5, 0.6) is 0 Å². The smallest absolute Gasteiger partial charge is 0.220 e. The third-order valence-corrected chi connectivity index (χ3v) is 6.16. The van der Waals surface area contributed by atoms with Crippen LogP contribution in [-0.2, 0) is 11.3 Å². The summed E-state index contributed by atoms with van der Waals surface area (Å²) >= 11 is 0. The van der Waals surface area contributed by atoms with Crippen molar-refractivity contribution >= 4 is 30.7 Å². The summed E-state index contributed by atoms with van der Waals surface area (Å²) in [5.41, 5.74) is 1.36. The number of carbonyl (C=O) groups is 1. The van der Waals surface area contributed by atoms with Gasteiger partial charge in [-0.1, -0.05) is 43.7 Å². The minimum Gasteiger partial charge on any atom is -0.355 e. The summed E-state index contributed by atoms with van der Waals surface area (Å²) in [5, 5.41) is 6.70. The number of halogens is 2. The number of carbonyl (C=O) groups excluding carboxylic acids is 1. The van der Waals surface area contributed by atoms with Gasteiger partial charge in [0.1, 0.15) is 0 Å². The third kappa shape index (κ3) is 7.90. The predicted molar refractivity (Wildman–Crippen MR) is 121 cm³/mol. The Kier molecular flexibility index (Phi) is 12.1. The molecule has 2 heterocycles. The normalized spacial score (nSPS) is 23.8. The van der Waals surface area contributed by atoms with Crippen molar-refractivity contribution in [3.8, 4) is 0 Å². The van der Waals surface area contributed by atoms with Crippen LogP contribution in [0.25, 0.3) is 0 Å². The van der Waals surface area contributed by atoms with Gasteiger partial charge in [0, 0.05) is 25.6 Å². The van der Waals surface area contributed by atoms with Crippen molar-refractivity contribution in [1.29, 1.82) is 0 Å². The second kappa shape index (κ2) is 13.4. The maximum atomic E-state index is 12.5. The van der Waals surface area contributed by atoms with E-state index < -0.39 is 0 Å². The van der Waals surface area contributed by atoms with Crippen molar-refractivity contribution in [3.63, 3.8) is 0 Å². The van der Waals surface area contributed by atoms with E-state index >= 15 is 0 Å². The van der Waals surface area contributed by atoms with Crippen LogP contribution >= 0.6 is 24.8 Å². The summed E-state index contributed by atoms with van der Waals surface area (Å²) < 4.78 is 0. The molecule has 6 heteroatoms. The van der Waals surface area contributed by atoms with Gasteiger partial charge in [0.05, 0.1) is 0 Å². The fourth-order valence-electron chi connectivity index (χ4n) is 4.44. The fourth-order valence-corrected chi connectivity index (χ4v) is 4.44. The van der Waals surface area contributed by atoms with Crippen molar-refractivity contribution in [2.24, 2.45) is 11.8 Å². The van der Waals surface area contributed by atoms with Gasteiger partial charge < -0.3 is 10.6 Å². The van der Waals surface area contributed by atoms with Gasteiger partial charge in [-0.05, 0) is 62.7 Å². The van der Waals surface area contributed by atoms with Crippen molar-refractivity contribution in [2.75, 3.05) is 26.2 Å². The minimum absolute atomic E-state index is 0. The van der Waals surface area contributed by atoms with Gasteiger partial charge in [0.25, 0.3) is 0 Å². The zero-order chi connectivity index (χ0) is 18.2. The third-order valence-electron chi connectivity index (χ3n) is 6.16. The molecule has 28 heavy (non-hydrogen) atoms. The molecule has 2 fully saturated rings. The molecule has 3 atom stereocenters. The number of hydrogen-bond donors (Lipinski definition) is 2. The summed E-state index contributed by atoms with van der Waals surface area (Å²) in [6, 6.07) is 11.2. The lowest BCUT2D eigenvalue weighted by Gasteiger charge is -2.36. The van der Waals surface area contributed by atoms with Crippen LogP contribution < -0.4 is 10.6 Å². The summed E-state index contributed by atoms with van der Waals surface area (Å²) in [6.07, 6.45) is 6.90. The molecule has 1 amide bonds.